The van der Waals surface area contributed by atoms with E-state index in [-0.39, 0.29) is 41.0 Å². The van der Waals surface area contributed by atoms with Gasteiger partial charge in [0.05, 0.1) is 10.8 Å². The monoisotopic (exact) mass is 957 g/mol. The number of aromatic nitrogens is 4. The molecular formula is C63H68N6O3. The number of Topliss-reactive ketones (excluding diaryl/α,β-unsaturated/α-hetero) is 3. The average Bonchev–Trinajstić information content (AvgIpc) is 4.17. The molecule has 6 unspecified atom stereocenters. The molecule has 0 spiro atoms. The minimum Gasteiger partial charge on any atom is -0.349 e. The van der Waals surface area contributed by atoms with Crippen LogP contribution in [-0.4, -0.2) is 63.5 Å². The Morgan fingerprint density at radius 1 is 0.556 bits per heavy atom. The molecule has 72 heavy (non-hydrogen) atoms. The summed E-state index contributed by atoms with van der Waals surface area (Å²) in [7, 11) is 0. The summed E-state index contributed by atoms with van der Waals surface area (Å²) in [6, 6.07) is 31.7. The zero-order valence-corrected chi connectivity index (χ0v) is 42.3. The molecule has 6 atom stereocenters. The van der Waals surface area contributed by atoms with Gasteiger partial charge in [0.15, 0.2) is 17.3 Å². The number of nitrogens with one attached hydrogen (secondary N) is 4. The summed E-state index contributed by atoms with van der Waals surface area (Å²) in [6.07, 6.45) is 21.7. The van der Waals surface area contributed by atoms with E-state index < -0.39 is 10.8 Å². The third-order valence-electron chi connectivity index (χ3n) is 16.8. The molecule has 4 aromatic carbocycles. The lowest BCUT2D eigenvalue weighted by atomic mass is 9.49. The molecule has 9 heteroatoms. The molecule has 9 nitrogen and oxygen atoms in total. The fourth-order valence-corrected chi connectivity index (χ4v) is 12.7. The number of nitrogens with zero attached hydrogens (tertiary/aromatic N) is 2. The lowest BCUT2D eigenvalue weighted by molar-refractivity contribution is -0.141. The highest BCUT2D eigenvalue weighted by Gasteiger charge is 2.59. The molecule has 4 heterocycles. The zero-order valence-electron chi connectivity index (χ0n) is 42.3. The summed E-state index contributed by atoms with van der Waals surface area (Å²) in [6.45, 7) is 11.8. The van der Waals surface area contributed by atoms with Crippen molar-refractivity contribution in [2.24, 2.45) is 34.5 Å². The number of imidazole rings is 2. The summed E-state index contributed by atoms with van der Waals surface area (Å²) < 4.78 is 0. The quantitative estimate of drug-likeness (QED) is 0.0710. The van der Waals surface area contributed by atoms with Gasteiger partial charge in [-0.05, 0) is 161 Å². The van der Waals surface area contributed by atoms with Crippen molar-refractivity contribution < 1.29 is 14.4 Å². The van der Waals surface area contributed by atoms with Gasteiger partial charge in [0, 0.05) is 59.9 Å². The minimum atomic E-state index is -1.25. The minimum absolute atomic E-state index is 0.0449. The third-order valence-corrected chi connectivity index (χ3v) is 16.8. The highest BCUT2D eigenvalue weighted by Crippen LogP contribution is 2.59. The van der Waals surface area contributed by atoms with E-state index in [0.717, 1.165) is 108 Å². The Balaban J connectivity index is 1.30. The van der Waals surface area contributed by atoms with E-state index in [4.69, 9.17) is 9.97 Å². The normalized spacial score (nSPS) is 24.4. The Kier molecular flexibility index (Phi) is 14.3. The molecule has 4 N–H and O–H groups in total. The molecule has 368 valence electrons. The molecule has 0 bridgehead atoms. The average molecular weight is 957 g/mol. The maximum Gasteiger partial charge on any atom is 0.193 e. The number of rotatable bonds is 16. The Hall–Kier alpha value is -6.81. The lowest BCUT2D eigenvalue weighted by Crippen LogP contribution is -2.56. The van der Waals surface area contributed by atoms with E-state index >= 15 is 14.4 Å². The van der Waals surface area contributed by atoms with Gasteiger partial charge in [-0.3, -0.25) is 14.4 Å². The maximum atomic E-state index is 18.1. The Morgan fingerprint density at radius 2 is 0.986 bits per heavy atom. The molecule has 6 aromatic rings. The van der Waals surface area contributed by atoms with Crippen molar-refractivity contribution in [3.05, 3.63) is 213 Å². The molecule has 0 amide bonds. The fraction of sp³-hybridized carbons (Fsp3) is 0.349. The second-order valence-electron chi connectivity index (χ2n) is 20.9. The number of piperidine rings is 2. The molecular weight excluding hydrogens is 889 g/mol. The van der Waals surface area contributed by atoms with Gasteiger partial charge in [-0.1, -0.05) is 121 Å². The number of ketones is 3. The summed E-state index contributed by atoms with van der Waals surface area (Å²) in [5, 5.41) is 7.49. The largest absolute Gasteiger partial charge is 0.349 e. The number of benzene rings is 4. The number of hydrogen-bond donors (Lipinski definition) is 4. The van der Waals surface area contributed by atoms with Gasteiger partial charge >= 0.3 is 0 Å². The Morgan fingerprint density at radius 3 is 1.36 bits per heavy atom. The number of allylic oxidation sites excluding steroid dienone is 8. The molecule has 2 aliphatic heterocycles. The van der Waals surface area contributed by atoms with Crippen LogP contribution >= 0.6 is 0 Å². The third kappa shape index (κ3) is 9.41. The van der Waals surface area contributed by atoms with Crippen LogP contribution in [0.5, 0.6) is 0 Å². The number of H-pyrrole nitrogens is 2. The first kappa shape index (κ1) is 48.8. The predicted molar refractivity (Wildman–Crippen MR) is 287 cm³/mol. The number of aryl methyl sites for hydroxylation is 4. The first-order valence-electron chi connectivity index (χ1n) is 26.2. The van der Waals surface area contributed by atoms with Crippen LogP contribution in [0.2, 0.25) is 0 Å². The van der Waals surface area contributed by atoms with Gasteiger partial charge in [-0.15, -0.1) is 0 Å². The molecule has 4 aliphatic rings. The van der Waals surface area contributed by atoms with Crippen LogP contribution in [0.1, 0.15) is 104 Å². The fourth-order valence-electron chi connectivity index (χ4n) is 12.7. The molecule has 10 rings (SSSR count). The van der Waals surface area contributed by atoms with E-state index in [2.05, 4.69) is 109 Å². The van der Waals surface area contributed by atoms with Crippen molar-refractivity contribution in [1.29, 1.82) is 0 Å². The number of carbonyl (C=O) groups is 3. The smallest absolute Gasteiger partial charge is 0.193 e. The van der Waals surface area contributed by atoms with Gasteiger partial charge in [-0.2, -0.15) is 0 Å². The number of hydrogen-bond acceptors (Lipinski definition) is 7. The topological polar surface area (TPSA) is 133 Å². The maximum absolute atomic E-state index is 18.1. The summed E-state index contributed by atoms with van der Waals surface area (Å²) in [5.74, 6) is 0.830. The molecule has 0 saturated carbocycles. The van der Waals surface area contributed by atoms with Crippen LogP contribution in [0.15, 0.2) is 157 Å². The van der Waals surface area contributed by atoms with Crippen LogP contribution in [0, 0.1) is 62.2 Å². The highest BCUT2D eigenvalue weighted by molar-refractivity contribution is 6.22. The van der Waals surface area contributed by atoms with Crippen molar-refractivity contribution in [3.8, 4) is 0 Å². The van der Waals surface area contributed by atoms with Crippen molar-refractivity contribution in [2.75, 3.05) is 26.2 Å². The highest BCUT2D eigenvalue weighted by atomic mass is 16.1. The molecule has 2 fully saturated rings. The summed E-state index contributed by atoms with van der Waals surface area (Å²) in [4.78, 5) is 65.7. The van der Waals surface area contributed by atoms with E-state index in [9.17, 15) is 0 Å². The van der Waals surface area contributed by atoms with Crippen molar-refractivity contribution in [1.82, 2.24) is 30.6 Å². The van der Waals surface area contributed by atoms with Crippen LogP contribution < -0.4 is 10.6 Å². The number of aromatic amines is 2. The predicted octanol–water partition coefficient (Wildman–Crippen LogP) is 11.5. The zero-order chi connectivity index (χ0) is 49.8. The summed E-state index contributed by atoms with van der Waals surface area (Å²) >= 11 is 0. The van der Waals surface area contributed by atoms with Crippen molar-refractivity contribution >= 4 is 28.5 Å². The Labute approximate surface area is 424 Å². The second-order valence-corrected chi connectivity index (χ2v) is 20.9. The van der Waals surface area contributed by atoms with Crippen molar-refractivity contribution in [2.45, 2.75) is 79.1 Å². The van der Waals surface area contributed by atoms with Crippen LogP contribution in [0.3, 0.4) is 0 Å². The van der Waals surface area contributed by atoms with Crippen LogP contribution in [0.4, 0.5) is 0 Å². The first-order chi connectivity index (χ1) is 35.1. The van der Waals surface area contributed by atoms with E-state index in [1.807, 2.05) is 73.1 Å². The van der Waals surface area contributed by atoms with Gasteiger partial charge < -0.3 is 20.6 Å². The first-order valence-corrected chi connectivity index (χ1v) is 26.2. The Bertz CT molecular complexity index is 2840. The van der Waals surface area contributed by atoms with E-state index in [1.54, 1.807) is 12.4 Å². The van der Waals surface area contributed by atoms with Gasteiger partial charge in [0.25, 0.3) is 0 Å². The van der Waals surface area contributed by atoms with E-state index in [1.165, 1.54) is 0 Å². The number of carbonyl (C=O) groups excluding carboxylic acids is 3. The standard InChI is InChI=1S/C63H68N6O3/c1-41-15-11-23-49(43(41)3)51-35-55(47-21-13-29-64-39-47)62(27-25-57-66-31-32-67-57,37-53(51)59(70)45-17-7-5-8-18-45)61(72)63(28-26-58-68-33-34-69-58)38-54(60(71)46-19-9-6-10-20-46)52(50-24-12-16-42(2)44(50)4)36-56(63)48-22-14-30-65-40-48/h5-12,15-20,23-24,31-38,47-48,55-56,64-65H,13-14,21-22,25-30,39-40H2,1-4H3,(H,66,67)(H,68,69). The molecule has 2 saturated heterocycles. The van der Waals surface area contributed by atoms with Crippen LogP contribution in [-0.2, 0) is 17.6 Å². The SMILES string of the molecule is Cc1cccc(C2=CC(C3CCCNC3)C(CCc3ncc[nH]3)(C(=O)C3(CCc4ncc[nH]4)C=C(C(=O)c4ccccc4)C(c4cccc(C)c4C)=CC3C3CCCNC3)C=C2C(=O)c2ccccc2)c1C. The van der Waals surface area contributed by atoms with Gasteiger partial charge in [0.1, 0.15) is 11.6 Å². The van der Waals surface area contributed by atoms with Gasteiger partial charge in [0.2, 0.25) is 0 Å². The van der Waals surface area contributed by atoms with Crippen molar-refractivity contribution in [3.63, 3.8) is 0 Å². The van der Waals surface area contributed by atoms with Crippen LogP contribution in [0.25, 0.3) is 11.1 Å². The second kappa shape index (κ2) is 21.1. The van der Waals surface area contributed by atoms with E-state index in [0.29, 0.717) is 48.0 Å². The van der Waals surface area contributed by atoms with Gasteiger partial charge in [-0.25, -0.2) is 9.97 Å². The molecule has 0 radical (unpaired) electrons. The molecule has 2 aliphatic carbocycles. The molecule has 2 aromatic heterocycles. The lowest BCUT2D eigenvalue weighted by Gasteiger charge is -2.52. The summed E-state index contributed by atoms with van der Waals surface area (Å²) in [5.41, 5.74) is 7.93.